The summed E-state index contributed by atoms with van der Waals surface area (Å²) in [7, 11) is 0. The zero-order valence-corrected chi connectivity index (χ0v) is 6.90. The third-order valence-electron chi connectivity index (χ3n) is 1.43. The van der Waals surface area contributed by atoms with E-state index in [0.29, 0.717) is 5.15 Å². The summed E-state index contributed by atoms with van der Waals surface area (Å²) >= 11 is 5.65. The van der Waals surface area contributed by atoms with Crippen molar-refractivity contribution >= 4 is 17.6 Å². The number of aliphatic hydroxyl groups is 1. The lowest BCUT2D eigenvalue weighted by Crippen LogP contribution is -2.25. The molecule has 5 heteroatoms. The van der Waals surface area contributed by atoms with E-state index in [-0.39, 0.29) is 6.54 Å². The van der Waals surface area contributed by atoms with Gasteiger partial charge in [0.1, 0.15) is 5.15 Å². The molecule has 0 fully saturated rings. The number of halogens is 1. The highest BCUT2D eigenvalue weighted by molar-refractivity contribution is 6.29. The molecular weight excluding hydrogens is 182 g/mol. The lowest BCUT2D eigenvalue weighted by molar-refractivity contribution is -0.147. The van der Waals surface area contributed by atoms with Gasteiger partial charge in [0.2, 0.25) is 0 Å². The van der Waals surface area contributed by atoms with Gasteiger partial charge in [-0.25, -0.2) is 4.79 Å². The van der Waals surface area contributed by atoms with Crippen molar-refractivity contribution in [2.45, 2.75) is 12.6 Å². The Morgan fingerprint density at radius 3 is 2.83 bits per heavy atom. The van der Waals surface area contributed by atoms with Crippen molar-refractivity contribution in [3.05, 3.63) is 23.5 Å². The molecule has 0 aliphatic heterocycles. The topological polar surface area (TPSA) is 62.5 Å². The van der Waals surface area contributed by atoms with Crippen LogP contribution in [-0.4, -0.2) is 26.9 Å². The Morgan fingerprint density at radius 1 is 1.75 bits per heavy atom. The summed E-state index contributed by atoms with van der Waals surface area (Å²) in [6.07, 6.45) is 0.198. The molecule has 2 N–H and O–H groups in total. The zero-order chi connectivity index (χ0) is 9.14. The minimum absolute atomic E-state index is 0.0266. The van der Waals surface area contributed by atoms with E-state index in [9.17, 15) is 4.79 Å². The maximum absolute atomic E-state index is 10.2. The molecular formula is C7H8ClNO3. The number of aliphatic carboxylic acids is 1. The lowest BCUT2D eigenvalue weighted by atomic mass is 10.3. The predicted molar refractivity (Wildman–Crippen MR) is 43.1 cm³/mol. The standard InChI is InChI=1S/C7H8ClNO3/c8-6-2-1-3-9(6)4-5(10)7(11)12/h1-3,5,10H,4H2,(H,11,12). The largest absolute Gasteiger partial charge is 0.479 e. The van der Waals surface area contributed by atoms with Crippen molar-refractivity contribution in [2.75, 3.05) is 0 Å². The molecule has 1 aromatic heterocycles. The minimum Gasteiger partial charge on any atom is -0.479 e. The number of aromatic nitrogens is 1. The van der Waals surface area contributed by atoms with Gasteiger partial charge in [0.15, 0.2) is 6.10 Å². The zero-order valence-electron chi connectivity index (χ0n) is 6.14. The Labute approximate surface area is 74.0 Å². The van der Waals surface area contributed by atoms with Gasteiger partial charge < -0.3 is 14.8 Å². The van der Waals surface area contributed by atoms with Crippen LogP contribution in [0.3, 0.4) is 0 Å². The Morgan fingerprint density at radius 2 is 2.42 bits per heavy atom. The summed E-state index contributed by atoms with van der Waals surface area (Å²) in [6.45, 7) is -0.0266. The molecule has 0 saturated carbocycles. The second-order valence-corrected chi connectivity index (χ2v) is 2.72. The molecule has 12 heavy (non-hydrogen) atoms. The van der Waals surface area contributed by atoms with E-state index >= 15 is 0 Å². The van der Waals surface area contributed by atoms with E-state index in [1.54, 1.807) is 18.3 Å². The van der Waals surface area contributed by atoms with Crippen LogP contribution in [0.15, 0.2) is 18.3 Å². The number of hydrogen-bond acceptors (Lipinski definition) is 2. The predicted octanol–water partition coefficient (Wildman–Crippen LogP) is 0.587. The smallest absolute Gasteiger partial charge is 0.334 e. The quantitative estimate of drug-likeness (QED) is 0.732. The molecule has 0 amide bonds. The number of carboxylic acids is 1. The molecule has 0 spiro atoms. The first-order chi connectivity index (χ1) is 5.61. The molecule has 1 aromatic rings. The molecule has 0 aliphatic rings. The molecule has 1 unspecified atom stereocenters. The van der Waals surface area contributed by atoms with Crippen LogP contribution in [0.2, 0.25) is 5.15 Å². The third-order valence-corrected chi connectivity index (χ3v) is 1.77. The van der Waals surface area contributed by atoms with Crippen LogP contribution >= 0.6 is 11.6 Å². The fourth-order valence-electron chi connectivity index (χ4n) is 0.806. The minimum atomic E-state index is -1.41. The van der Waals surface area contributed by atoms with Crippen LogP contribution in [-0.2, 0) is 11.3 Å². The van der Waals surface area contributed by atoms with Crippen molar-refractivity contribution in [1.82, 2.24) is 4.57 Å². The summed E-state index contributed by atoms with van der Waals surface area (Å²) in [4.78, 5) is 10.2. The molecule has 0 aromatic carbocycles. The molecule has 0 aliphatic carbocycles. The van der Waals surface area contributed by atoms with E-state index in [1.807, 2.05) is 0 Å². The maximum Gasteiger partial charge on any atom is 0.334 e. The van der Waals surface area contributed by atoms with Crippen LogP contribution < -0.4 is 0 Å². The van der Waals surface area contributed by atoms with E-state index in [4.69, 9.17) is 21.8 Å². The third kappa shape index (κ3) is 1.99. The number of nitrogens with zero attached hydrogens (tertiary/aromatic N) is 1. The highest BCUT2D eigenvalue weighted by atomic mass is 35.5. The van der Waals surface area contributed by atoms with Crippen molar-refractivity contribution in [3.8, 4) is 0 Å². The van der Waals surface area contributed by atoms with Gasteiger partial charge in [0, 0.05) is 6.20 Å². The first-order valence-corrected chi connectivity index (χ1v) is 3.70. The van der Waals surface area contributed by atoms with Gasteiger partial charge in [0.25, 0.3) is 0 Å². The Balaban J connectivity index is 2.64. The summed E-state index contributed by atoms with van der Waals surface area (Å²) in [6, 6.07) is 3.30. The summed E-state index contributed by atoms with van der Waals surface area (Å²) in [5, 5.41) is 17.7. The van der Waals surface area contributed by atoms with Crippen LogP contribution in [0.5, 0.6) is 0 Å². The number of hydrogen-bond donors (Lipinski definition) is 2. The van der Waals surface area contributed by atoms with Gasteiger partial charge in [-0.05, 0) is 12.1 Å². The van der Waals surface area contributed by atoms with Crippen molar-refractivity contribution < 1.29 is 15.0 Å². The fraction of sp³-hybridized carbons (Fsp3) is 0.286. The van der Waals surface area contributed by atoms with Gasteiger partial charge in [-0.1, -0.05) is 11.6 Å². The first kappa shape index (κ1) is 9.09. The maximum atomic E-state index is 10.2. The summed E-state index contributed by atoms with van der Waals surface area (Å²) < 4.78 is 1.46. The van der Waals surface area contributed by atoms with Crippen molar-refractivity contribution in [3.63, 3.8) is 0 Å². The first-order valence-electron chi connectivity index (χ1n) is 3.33. The van der Waals surface area contributed by atoms with E-state index in [1.165, 1.54) is 4.57 Å². The highest BCUT2D eigenvalue weighted by Gasteiger charge is 2.13. The van der Waals surface area contributed by atoms with Crippen LogP contribution in [0.1, 0.15) is 0 Å². The van der Waals surface area contributed by atoms with Gasteiger partial charge in [-0.3, -0.25) is 0 Å². The van der Waals surface area contributed by atoms with E-state index in [0.717, 1.165) is 0 Å². The fourth-order valence-corrected chi connectivity index (χ4v) is 1.00. The molecule has 1 atom stereocenters. The van der Waals surface area contributed by atoms with Crippen molar-refractivity contribution in [2.24, 2.45) is 0 Å². The molecule has 0 radical (unpaired) electrons. The molecule has 1 rings (SSSR count). The molecule has 66 valence electrons. The number of rotatable bonds is 3. The second-order valence-electron chi connectivity index (χ2n) is 2.34. The monoisotopic (exact) mass is 189 g/mol. The number of carbonyl (C=O) groups is 1. The average Bonchev–Trinajstić information content (AvgIpc) is 2.36. The Kier molecular flexibility index (Phi) is 2.73. The van der Waals surface area contributed by atoms with Crippen LogP contribution in [0, 0.1) is 0 Å². The van der Waals surface area contributed by atoms with Gasteiger partial charge >= 0.3 is 5.97 Å². The second kappa shape index (κ2) is 3.60. The average molecular weight is 190 g/mol. The van der Waals surface area contributed by atoms with Gasteiger partial charge in [-0.2, -0.15) is 0 Å². The van der Waals surface area contributed by atoms with Crippen LogP contribution in [0.25, 0.3) is 0 Å². The number of carboxylic acid groups (broad SMARTS) is 1. The van der Waals surface area contributed by atoms with Crippen LogP contribution in [0.4, 0.5) is 0 Å². The lowest BCUT2D eigenvalue weighted by Gasteiger charge is -2.07. The normalized spacial score (nSPS) is 12.8. The van der Waals surface area contributed by atoms with E-state index < -0.39 is 12.1 Å². The summed E-state index contributed by atoms with van der Waals surface area (Å²) in [5.41, 5.74) is 0. The van der Waals surface area contributed by atoms with E-state index in [2.05, 4.69) is 0 Å². The van der Waals surface area contributed by atoms with Gasteiger partial charge in [0.05, 0.1) is 6.54 Å². The number of aliphatic hydroxyl groups excluding tert-OH is 1. The Bertz CT molecular complexity index is 284. The highest BCUT2D eigenvalue weighted by Crippen LogP contribution is 2.09. The molecule has 0 bridgehead atoms. The SMILES string of the molecule is O=C(O)C(O)Cn1cccc1Cl. The molecule has 0 saturated heterocycles. The van der Waals surface area contributed by atoms with Gasteiger partial charge in [-0.15, -0.1) is 0 Å². The summed E-state index contributed by atoms with van der Waals surface area (Å²) in [5.74, 6) is -1.25. The van der Waals surface area contributed by atoms with Crippen molar-refractivity contribution in [1.29, 1.82) is 0 Å². The molecule has 1 heterocycles. The Hall–Kier alpha value is -1.00. The molecule has 4 nitrogen and oxygen atoms in total.